The molecule has 0 heterocycles. The summed E-state index contributed by atoms with van der Waals surface area (Å²) in [5.74, 6) is 0.545. The molecule has 1 amide bonds. The molecule has 0 aliphatic heterocycles. The third-order valence-electron chi connectivity index (χ3n) is 4.46. The molecule has 2 aromatic carbocycles. The lowest BCUT2D eigenvalue weighted by Gasteiger charge is -2.21. The number of ether oxygens (including phenoxy) is 1. The molecule has 2 atom stereocenters. The Bertz CT molecular complexity index is 758. The Hall–Kier alpha value is -2.00. The summed E-state index contributed by atoms with van der Waals surface area (Å²) in [5.41, 5.74) is 4.49. The SMILES string of the molecule is CC[C@H](Oc1ccc(Cl)c(C)c1)C(=O)N[C@@H](C)c1ccc(C)c(C)c1. The molecule has 25 heavy (non-hydrogen) atoms. The van der Waals surface area contributed by atoms with Crippen LogP contribution >= 0.6 is 11.6 Å². The van der Waals surface area contributed by atoms with E-state index in [-0.39, 0.29) is 11.9 Å². The number of hydrogen-bond donors (Lipinski definition) is 1. The Morgan fingerprint density at radius 1 is 1.08 bits per heavy atom. The number of amides is 1. The predicted octanol–water partition coefficient (Wildman–Crippen LogP) is 5.30. The molecule has 134 valence electrons. The van der Waals surface area contributed by atoms with Crippen molar-refractivity contribution in [3.63, 3.8) is 0 Å². The zero-order valence-corrected chi connectivity index (χ0v) is 16.3. The Labute approximate surface area is 155 Å². The molecule has 0 aliphatic rings. The summed E-state index contributed by atoms with van der Waals surface area (Å²) >= 11 is 6.04. The van der Waals surface area contributed by atoms with Gasteiger partial charge in [0.1, 0.15) is 5.75 Å². The normalized spacial score (nSPS) is 13.2. The number of halogens is 1. The van der Waals surface area contributed by atoms with Crippen molar-refractivity contribution >= 4 is 17.5 Å². The monoisotopic (exact) mass is 359 g/mol. The number of benzene rings is 2. The van der Waals surface area contributed by atoms with E-state index in [0.29, 0.717) is 17.2 Å². The minimum atomic E-state index is -0.533. The second kappa shape index (κ2) is 8.39. The van der Waals surface area contributed by atoms with Gasteiger partial charge in [-0.3, -0.25) is 4.79 Å². The quantitative estimate of drug-likeness (QED) is 0.760. The molecule has 0 aliphatic carbocycles. The van der Waals surface area contributed by atoms with Crippen LogP contribution in [0.2, 0.25) is 5.02 Å². The molecule has 0 unspecified atom stereocenters. The summed E-state index contributed by atoms with van der Waals surface area (Å²) in [4.78, 5) is 12.6. The van der Waals surface area contributed by atoms with E-state index in [0.717, 1.165) is 11.1 Å². The third-order valence-corrected chi connectivity index (χ3v) is 4.88. The molecule has 3 nitrogen and oxygen atoms in total. The van der Waals surface area contributed by atoms with E-state index < -0.39 is 6.10 Å². The fourth-order valence-corrected chi connectivity index (χ4v) is 2.72. The van der Waals surface area contributed by atoms with Crippen molar-refractivity contribution in [1.82, 2.24) is 5.32 Å². The summed E-state index contributed by atoms with van der Waals surface area (Å²) < 4.78 is 5.87. The van der Waals surface area contributed by atoms with Crippen molar-refractivity contribution in [2.24, 2.45) is 0 Å². The maximum absolute atomic E-state index is 12.6. The van der Waals surface area contributed by atoms with Gasteiger partial charge in [-0.2, -0.15) is 0 Å². The average molecular weight is 360 g/mol. The second-order valence-electron chi connectivity index (χ2n) is 6.50. The van der Waals surface area contributed by atoms with Crippen molar-refractivity contribution in [3.8, 4) is 5.75 Å². The van der Waals surface area contributed by atoms with Crippen molar-refractivity contribution < 1.29 is 9.53 Å². The van der Waals surface area contributed by atoms with Gasteiger partial charge in [-0.05, 0) is 74.6 Å². The van der Waals surface area contributed by atoms with Crippen molar-refractivity contribution in [2.45, 2.75) is 53.2 Å². The second-order valence-corrected chi connectivity index (χ2v) is 6.91. The first-order chi connectivity index (χ1) is 11.8. The maximum Gasteiger partial charge on any atom is 0.261 e. The number of rotatable bonds is 6. The van der Waals surface area contributed by atoms with Crippen LogP contribution < -0.4 is 10.1 Å². The first-order valence-corrected chi connectivity index (χ1v) is 9.00. The lowest BCUT2D eigenvalue weighted by Crippen LogP contribution is -2.39. The zero-order valence-electron chi connectivity index (χ0n) is 15.5. The fraction of sp³-hybridized carbons (Fsp3) is 0.381. The molecule has 2 aromatic rings. The molecule has 0 bridgehead atoms. The van der Waals surface area contributed by atoms with Crippen molar-refractivity contribution in [2.75, 3.05) is 0 Å². The van der Waals surface area contributed by atoms with Crippen LogP contribution in [0, 0.1) is 20.8 Å². The van der Waals surface area contributed by atoms with Gasteiger partial charge in [-0.1, -0.05) is 36.7 Å². The summed E-state index contributed by atoms with van der Waals surface area (Å²) in [6, 6.07) is 11.6. The summed E-state index contributed by atoms with van der Waals surface area (Å²) in [7, 11) is 0. The lowest BCUT2D eigenvalue weighted by atomic mass is 10.0. The topological polar surface area (TPSA) is 38.3 Å². The first kappa shape index (κ1) is 19.3. The number of nitrogens with one attached hydrogen (secondary N) is 1. The van der Waals surface area contributed by atoms with Gasteiger partial charge in [-0.15, -0.1) is 0 Å². The van der Waals surface area contributed by atoms with E-state index in [1.165, 1.54) is 11.1 Å². The molecule has 0 aromatic heterocycles. The molecular weight excluding hydrogens is 334 g/mol. The van der Waals surface area contributed by atoms with Gasteiger partial charge in [-0.25, -0.2) is 0 Å². The van der Waals surface area contributed by atoms with Crippen LogP contribution in [0.1, 0.15) is 48.6 Å². The van der Waals surface area contributed by atoms with E-state index in [1.54, 1.807) is 12.1 Å². The Balaban J connectivity index is 2.05. The van der Waals surface area contributed by atoms with Crippen LogP contribution in [0.4, 0.5) is 0 Å². The van der Waals surface area contributed by atoms with Gasteiger partial charge in [0.25, 0.3) is 5.91 Å². The fourth-order valence-electron chi connectivity index (χ4n) is 2.60. The molecule has 0 fully saturated rings. The number of carbonyl (C=O) groups is 1. The van der Waals surface area contributed by atoms with E-state index in [9.17, 15) is 4.79 Å². The molecule has 1 N–H and O–H groups in total. The largest absolute Gasteiger partial charge is 0.481 e. The number of aryl methyl sites for hydroxylation is 3. The molecule has 2 rings (SSSR count). The van der Waals surface area contributed by atoms with E-state index in [1.807, 2.05) is 26.8 Å². The highest BCUT2D eigenvalue weighted by atomic mass is 35.5. The van der Waals surface area contributed by atoms with Gasteiger partial charge < -0.3 is 10.1 Å². The standard InChI is InChI=1S/C21H26ClNO2/c1-6-20(25-18-9-10-19(22)15(4)12-18)21(24)23-16(5)17-8-7-13(2)14(3)11-17/h7-12,16,20H,6H2,1-5H3,(H,23,24)/t16-,20-/m0/s1. The predicted molar refractivity (Wildman–Crippen MR) is 103 cm³/mol. The highest BCUT2D eigenvalue weighted by Gasteiger charge is 2.21. The van der Waals surface area contributed by atoms with Crippen molar-refractivity contribution in [3.05, 3.63) is 63.7 Å². The molecule has 0 saturated carbocycles. The van der Waals surface area contributed by atoms with E-state index in [2.05, 4.69) is 37.4 Å². The highest BCUT2D eigenvalue weighted by Crippen LogP contribution is 2.23. The number of carbonyl (C=O) groups excluding carboxylic acids is 1. The molecule has 0 spiro atoms. The molecular formula is C21H26ClNO2. The van der Waals surface area contributed by atoms with E-state index in [4.69, 9.17) is 16.3 Å². The molecule has 0 radical (unpaired) electrons. The number of hydrogen-bond acceptors (Lipinski definition) is 2. The van der Waals surface area contributed by atoms with E-state index >= 15 is 0 Å². The zero-order chi connectivity index (χ0) is 18.6. The summed E-state index contributed by atoms with van der Waals surface area (Å²) in [5, 5.41) is 3.74. The van der Waals surface area contributed by atoms with Crippen LogP contribution in [0.25, 0.3) is 0 Å². The highest BCUT2D eigenvalue weighted by molar-refractivity contribution is 6.31. The van der Waals surface area contributed by atoms with Crippen LogP contribution in [0.15, 0.2) is 36.4 Å². The van der Waals surface area contributed by atoms with Gasteiger partial charge in [0.05, 0.1) is 6.04 Å². The Kier molecular flexibility index (Phi) is 6.49. The third kappa shape index (κ3) is 4.99. The van der Waals surface area contributed by atoms with Crippen molar-refractivity contribution in [1.29, 1.82) is 0 Å². The summed E-state index contributed by atoms with van der Waals surface area (Å²) in [6.07, 6.45) is 0.0576. The molecule has 4 heteroatoms. The minimum Gasteiger partial charge on any atom is -0.481 e. The average Bonchev–Trinajstić information content (AvgIpc) is 2.58. The maximum atomic E-state index is 12.6. The van der Waals surface area contributed by atoms with Gasteiger partial charge in [0.2, 0.25) is 0 Å². The lowest BCUT2D eigenvalue weighted by molar-refractivity contribution is -0.128. The summed E-state index contributed by atoms with van der Waals surface area (Å²) in [6.45, 7) is 10.00. The molecule has 0 saturated heterocycles. The minimum absolute atomic E-state index is 0.0728. The van der Waals surface area contributed by atoms with Crippen LogP contribution in [0.3, 0.4) is 0 Å². The van der Waals surface area contributed by atoms with Gasteiger partial charge >= 0.3 is 0 Å². The van der Waals surface area contributed by atoms with Crippen LogP contribution in [-0.4, -0.2) is 12.0 Å². The van der Waals surface area contributed by atoms with Crippen LogP contribution in [-0.2, 0) is 4.79 Å². The van der Waals surface area contributed by atoms with Gasteiger partial charge in [0.15, 0.2) is 6.10 Å². The Morgan fingerprint density at radius 2 is 1.80 bits per heavy atom. The van der Waals surface area contributed by atoms with Gasteiger partial charge in [0, 0.05) is 5.02 Å². The smallest absolute Gasteiger partial charge is 0.261 e. The van der Waals surface area contributed by atoms with Crippen LogP contribution in [0.5, 0.6) is 5.75 Å². The Morgan fingerprint density at radius 3 is 2.40 bits per heavy atom. The first-order valence-electron chi connectivity index (χ1n) is 8.62.